The molecule has 1 aromatic carbocycles. The lowest BCUT2D eigenvalue weighted by Gasteiger charge is -2.14. The maximum atomic E-state index is 12.5. The number of amides is 1. The van der Waals surface area contributed by atoms with Crippen LogP contribution in [-0.4, -0.2) is 18.7 Å². The Morgan fingerprint density at radius 2 is 1.82 bits per heavy atom. The molecule has 0 saturated carbocycles. The summed E-state index contributed by atoms with van der Waals surface area (Å²) in [6.45, 7) is 8.91. The smallest absolute Gasteiger partial charge is 0.269 e. The van der Waals surface area contributed by atoms with Crippen LogP contribution in [-0.2, 0) is 11.3 Å². The summed E-state index contributed by atoms with van der Waals surface area (Å²) in [6.07, 6.45) is 2.85. The fourth-order valence-electron chi connectivity index (χ4n) is 2.34. The molecule has 0 heterocycles. The third-order valence-corrected chi connectivity index (χ3v) is 3.84. The molecule has 0 aliphatic rings. The standard InChI is InChI=1S/C19H28N2O/c1-6-8-17(15(4)7-2)18(20-5)19(22)21-13-16-11-9-14(3)10-12-16/h9-12H,6-8,13H2,1-5H3,(H,21,22)/b17-15+,20-18?. The Morgan fingerprint density at radius 3 is 2.32 bits per heavy atom. The van der Waals surface area contributed by atoms with Crippen molar-refractivity contribution < 1.29 is 4.79 Å². The predicted molar refractivity (Wildman–Crippen MR) is 94.3 cm³/mol. The first kappa shape index (κ1) is 18.1. The predicted octanol–water partition coefficient (Wildman–Crippen LogP) is 4.21. The minimum Gasteiger partial charge on any atom is -0.347 e. The van der Waals surface area contributed by atoms with Gasteiger partial charge in [0.2, 0.25) is 0 Å². The molecular formula is C19H28N2O. The number of rotatable bonds is 7. The Labute approximate surface area is 134 Å². The Balaban J connectivity index is 2.82. The van der Waals surface area contributed by atoms with Crippen LogP contribution < -0.4 is 5.32 Å². The number of benzene rings is 1. The summed E-state index contributed by atoms with van der Waals surface area (Å²) in [5, 5.41) is 2.98. The fraction of sp³-hybridized carbons (Fsp3) is 0.474. The van der Waals surface area contributed by atoms with Gasteiger partial charge in [0, 0.05) is 13.6 Å². The highest BCUT2D eigenvalue weighted by Gasteiger charge is 2.16. The third-order valence-electron chi connectivity index (χ3n) is 3.84. The summed E-state index contributed by atoms with van der Waals surface area (Å²) < 4.78 is 0. The first-order valence-corrected chi connectivity index (χ1v) is 8.02. The zero-order valence-electron chi connectivity index (χ0n) is 14.5. The molecule has 0 spiro atoms. The topological polar surface area (TPSA) is 41.5 Å². The van der Waals surface area contributed by atoms with E-state index in [0.29, 0.717) is 12.3 Å². The molecule has 0 bridgehead atoms. The van der Waals surface area contributed by atoms with Crippen LogP contribution in [0.25, 0.3) is 0 Å². The van der Waals surface area contributed by atoms with Gasteiger partial charge in [0.05, 0.1) is 0 Å². The molecule has 120 valence electrons. The van der Waals surface area contributed by atoms with Gasteiger partial charge in [-0.3, -0.25) is 9.79 Å². The molecule has 1 amide bonds. The highest BCUT2D eigenvalue weighted by atomic mass is 16.1. The van der Waals surface area contributed by atoms with Crippen molar-refractivity contribution >= 4 is 11.6 Å². The van der Waals surface area contributed by atoms with Crippen molar-refractivity contribution in [3.8, 4) is 0 Å². The molecule has 1 N–H and O–H groups in total. The van der Waals surface area contributed by atoms with Crippen LogP contribution in [0, 0.1) is 6.92 Å². The van der Waals surface area contributed by atoms with Gasteiger partial charge in [-0.2, -0.15) is 0 Å². The van der Waals surface area contributed by atoms with Crippen LogP contribution in [0.5, 0.6) is 0 Å². The number of hydrogen-bond acceptors (Lipinski definition) is 2. The SMILES string of the molecule is CCC/C(C(=NC)C(=O)NCc1ccc(C)cc1)=C(/C)CC. The van der Waals surface area contributed by atoms with E-state index in [4.69, 9.17) is 0 Å². The van der Waals surface area contributed by atoms with Gasteiger partial charge >= 0.3 is 0 Å². The van der Waals surface area contributed by atoms with Crippen LogP contribution in [0.15, 0.2) is 40.4 Å². The first-order chi connectivity index (χ1) is 10.5. The number of hydrogen-bond donors (Lipinski definition) is 1. The van der Waals surface area contributed by atoms with E-state index < -0.39 is 0 Å². The Morgan fingerprint density at radius 1 is 1.18 bits per heavy atom. The summed E-state index contributed by atoms with van der Waals surface area (Å²) in [4.78, 5) is 16.7. The number of aliphatic imine (C=N–C) groups is 1. The molecule has 3 heteroatoms. The molecule has 0 saturated heterocycles. The average Bonchev–Trinajstić information content (AvgIpc) is 2.53. The molecule has 0 aliphatic carbocycles. The normalized spacial score (nSPS) is 12.9. The van der Waals surface area contributed by atoms with Crippen molar-refractivity contribution in [1.82, 2.24) is 5.32 Å². The van der Waals surface area contributed by atoms with Crippen molar-refractivity contribution in [2.24, 2.45) is 4.99 Å². The lowest BCUT2D eigenvalue weighted by Crippen LogP contribution is -2.32. The van der Waals surface area contributed by atoms with E-state index in [1.165, 1.54) is 11.1 Å². The van der Waals surface area contributed by atoms with Gasteiger partial charge in [0.1, 0.15) is 5.71 Å². The largest absolute Gasteiger partial charge is 0.347 e. The number of allylic oxidation sites excluding steroid dienone is 1. The maximum Gasteiger partial charge on any atom is 0.269 e. The van der Waals surface area contributed by atoms with E-state index in [0.717, 1.165) is 30.4 Å². The second kappa shape index (κ2) is 9.19. The number of carbonyl (C=O) groups is 1. The summed E-state index contributed by atoms with van der Waals surface area (Å²) in [7, 11) is 1.69. The number of carbonyl (C=O) groups excluding carboxylic acids is 1. The molecule has 0 radical (unpaired) electrons. The molecule has 0 fully saturated rings. The number of nitrogens with zero attached hydrogens (tertiary/aromatic N) is 1. The first-order valence-electron chi connectivity index (χ1n) is 8.02. The lowest BCUT2D eigenvalue weighted by molar-refractivity contribution is -0.114. The molecule has 0 unspecified atom stereocenters. The molecule has 1 aromatic rings. The van der Waals surface area contributed by atoms with Crippen molar-refractivity contribution in [3.63, 3.8) is 0 Å². The fourth-order valence-corrected chi connectivity index (χ4v) is 2.34. The van der Waals surface area contributed by atoms with Crippen LogP contribution in [0.1, 0.15) is 51.2 Å². The van der Waals surface area contributed by atoms with Crippen LogP contribution in [0.2, 0.25) is 0 Å². The molecule has 0 aromatic heterocycles. The van der Waals surface area contributed by atoms with Crippen molar-refractivity contribution in [1.29, 1.82) is 0 Å². The minimum atomic E-state index is -0.0840. The Hall–Kier alpha value is -1.90. The van der Waals surface area contributed by atoms with E-state index >= 15 is 0 Å². The highest BCUT2D eigenvalue weighted by Crippen LogP contribution is 2.16. The van der Waals surface area contributed by atoms with Gasteiger partial charge in [-0.15, -0.1) is 0 Å². The van der Waals surface area contributed by atoms with E-state index in [9.17, 15) is 4.79 Å². The summed E-state index contributed by atoms with van der Waals surface area (Å²) in [5.74, 6) is -0.0840. The molecular weight excluding hydrogens is 272 g/mol. The number of aryl methyl sites for hydroxylation is 1. The van der Waals surface area contributed by atoms with Crippen molar-refractivity contribution in [2.75, 3.05) is 7.05 Å². The summed E-state index contributed by atoms with van der Waals surface area (Å²) in [5.41, 5.74) is 5.23. The van der Waals surface area contributed by atoms with Gasteiger partial charge in [0.25, 0.3) is 5.91 Å². The Bertz CT molecular complexity index is 553. The molecule has 3 nitrogen and oxygen atoms in total. The monoisotopic (exact) mass is 300 g/mol. The van der Waals surface area contributed by atoms with Gasteiger partial charge in [0.15, 0.2) is 0 Å². The lowest BCUT2D eigenvalue weighted by atomic mass is 9.97. The van der Waals surface area contributed by atoms with Gasteiger partial charge < -0.3 is 5.32 Å². The second-order valence-corrected chi connectivity index (χ2v) is 5.60. The Kier molecular flexibility index (Phi) is 7.58. The van der Waals surface area contributed by atoms with Gasteiger partial charge in [-0.1, -0.05) is 55.7 Å². The molecule has 0 atom stereocenters. The summed E-state index contributed by atoms with van der Waals surface area (Å²) >= 11 is 0. The van der Waals surface area contributed by atoms with Crippen molar-refractivity contribution in [2.45, 2.75) is 53.5 Å². The van der Waals surface area contributed by atoms with E-state index in [2.05, 4.69) is 50.1 Å². The minimum absolute atomic E-state index is 0.0840. The van der Waals surface area contributed by atoms with Crippen LogP contribution >= 0.6 is 0 Å². The van der Waals surface area contributed by atoms with E-state index in [1.807, 2.05) is 12.1 Å². The van der Waals surface area contributed by atoms with Gasteiger partial charge in [-0.05, 0) is 37.8 Å². The summed E-state index contributed by atoms with van der Waals surface area (Å²) in [6, 6.07) is 8.19. The zero-order valence-corrected chi connectivity index (χ0v) is 14.5. The van der Waals surface area contributed by atoms with E-state index in [-0.39, 0.29) is 5.91 Å². The van der Waals surface area contributed by atoms with Crippen LogP contribution in [0.4, 0.5) is 0 Å². The average molecular weight is 300 g/mol. The molecule has 22 heavy (non-hydrogen) atoms. The molecule has 1 rings (SSSR count). The maximum absolute atomic E-state index is 12.5. The quantitative estimate of drug-likeness (QED) is 0.753. The van der Waals surface area contributed by atoms with Gasteiger partial charge in [-0.25, -0.2) is 0 Å². The zero-order chi connectivity index (χ0) is 16.5. The highest BCUT2D eigenvalue weighted by molar-refractivity contribution is 6.45. The number of nitrogens with one attached hydrogen (secondary N) is 1. The van der Waals surface area contributed by atoms with Crippen molar-refractivity contribution in [3.05, 3.63) is 46.5 Å². The molecule has 0 aliphatic heterocycles. The van der Waals surface area contributed by atoms with Crippen LogP contribution in [0.3, 0.4) is 0 Å². The van der Waals surface area contributed by atoms with E-state index in [1.54, 1.807) is 7.05 Å². The second-order valence-electron chi connectivity index (χ2n) is 5.60. The third kappa shape index (κ3) is 5.14.